The number of aromatic nitrogens is 1. The van der Waals surface area contributed by atoms with E-state index in [9.17, 15) is 20.0 Å². The van der Waals surface area contributed by atoms with Crippen LogP contribution in [0.4, 0.5) is 11.4 Å². The molecule has 0 radical (unpaired) electrons. The van der Waals surface area contributed by atoms with Crippen molar-refractivity contribution in [3.8, 4) is 11.6 Å². The molecular formula is C24H20N4O4. The molecule has 0 aliphatic heterocycles. The third kappa shape index (κ3) is 3.81. The minimum absolute atomic E-state index is 0.0243. The zero-order chi connectivity index (χ0) is 22.8. The lowest BCUT2D eigenvalue weighted by atomic mass is 10.1. The van der Waals surface area contributed by atoms with Crippen LogP contribution in [0.15, 0.2) is 76.6 Å². The normalized spacial score (nSPS) is 11.2. The van der Waals surface area contributed by atoms with Gasteiger partial charge in [0.05, 0.1) is 28.1 Å². The quantitative estimate of drug-likeness (QED) is 0.273. The molecule has 0 bridgehead atoms. The highest BCUT2D eigenvalue weighted by Gasteiger charge is 2.17. The summed E-state index contributed by atoms with van der Waals surface area (Å²) in [6.45, 7) is 3.84. The van der Waals surface area contributed by atoms with E-state index in [1.165, 1.54) is 35.0 Å². The molecule has 0 atom stereocenters. The minimum atomic E-state index is -0.479. The third-order valence-corrected chi connectivity index (χ3v) is 5.16. The number of nitrogens with one attached hydrogen (secondary N) is 1. The summed E-state index contributed by atoms with van der Waals surface area (Å²) in [5.41, 5.74) is 5.84. The second kappa shape index (κ2) is 8.35. The van der Waals surface area contributed by atoms with Crippen LogP contribution in [-0.4, -0.2) is 20.8 Å². The molecule has 8 heteroatoms. The maximum Gasteiger partial charge on any atom is 0.269 e. The first-order valence-corrected chi connectivity index (χ1v) is 9.84. The van der Waals surface area contributed by atoms with Gasteiger partial charge in [0.15, 0.2) is 0 Å². The molecule has 0 saturated heterocycles. The van der Waals surface area contributed by atoms with Crippen LogP contribution in [0, 0.1) is 24.0 Å². The van der Waals surface area contributed by atoms with Gasteiger partial charge in [-0.3, -0.25) is 20.3 Å². The number of hydrazone groups is 1. The molecule has 1 aromatic heterocycles. The van der Waals surface area contributed by atoms with Crippen LogP contribution in [0.2, 0.25) is 0 Å². The second-order valence-electron chi connectivity index (χ2n) is 7.39. The zero-order valence-electron chi connectivity index (χ0n) is 17.4. The van der Waals surface area contributed by atoms with Crippen molar-refractivity contribution in [2.75, 3.05) is 5.43 Å². The number of fused-ring (bicyclic) bond motifs is 1. The van der Waals surface area contributed by atoms with E-state index < -0.39 is 4.92 Å². The molecular weight excluding hydrogens is 408 g/mol. The fraction of sp³-hybridized carbons (Fsp3) is 0.0833. The Labute approximate surface area is 183 Å². The van der Waals surface area contributed by atoms with E-state index in [1.807, 2.05) is 26.0 Å². The summed E-state index contributed by atoms with van der Waals surface area (Å²) in [4.78, 5) is 23.5. The van der Waals surface area contributed by atoms with Gasteiger partial charge in [0.1, 0.15) is 0 Å². The van der Waals surface area contributed by atoms with Crippen LogP contribution in [0.25, 0.3) is 16.5 Å². The maximum atomic E-state index is 13.2. The lowest BCUT2D eigenvalue weighted by Crippen LogP contribution is -2.21. The molecule has 0 amide bonds. The fourth-order valence-electron chi connectivity index (χ4n) is 3.60. The molecule has 4 rings (SSSR count). The Morgan fingerprint density at radius 1 is 1.03 bits per heavy atom. The molecule has 0 saturated carbocycles. The van der Waals surface area contributed by atoms with Gasteiger partial charge in [0, 0.05) is 22.9 Å². The van der Waals surface area contributed by atoms with E-state index in [4.69, 9.17) is 0 Å². The number of pyridine rings is 1. The van der Waals surface area contributed by atoms with Crippen LogP contribution < -0.4 is 11.0 Å². The number of rotatable bonds is 5. The highest BCUT2D eigenvalue weighted by atomic mass is 16.6. The van der Waals surface area contributed by atoms with E-state index in [0.29, 0.717) is 27.7 Å². The highest BCUT2D eigenvalue weighted by molar-refractivity contribution is 6.02. The van der Waals surface area contributed by atoms with E-state index in [1.54, 1.807) is 30.3 Å². The lowest BCUT2D eigenvalue weighted by Gasteiger charge is -2.16. The minimum Gasteiger partial charge on any atom is -0.494 e. The monoisotopic (exact) mass is 428 g/mol. The number of non-ortho nitro benzene ring substituents is 1. The Balaban J connectivity index is 1.81. The zero-order valence-corrected chi connectivity index (χ0v) is 17.4. The summed E-state index contributed by atoms with van der Waals surface area (Å²) < 4.78 is 1.28. The van der Waals surface area contributed by atoms with Gasteiger partial charge in [-0.1, -0.05) is 35.9 Å². The molecule has 8 nitrogen and oxygen atoms in total. The van der Waals surface area contributed by atoms with Crippen LogP contribution in [0.3, 0.4) is 0 Å². The van der Waals surface area contributed by atoms with Crippen LogP contribution in [0.1, 0.15) is 16.7 Å². The Hall–Kier alpha value is -4.46. The van der Waals surface area contributed by atoms with Crippen molar-refractivity contribution in [2.45, 2.75) is 13.8 Å². The van der Waals surface area contributed by atoms with Crippen molar-refractivity contribution in [1.82, 2.24) is 4.57 Å². The predicted molar refractivity (Wildman–Crippen MR) is 125 cm³/mol. The Morgan fingerprint density at radius 2 is 1.72 bits per heavy atom. The molecule has 0 aliphatic carbocycles. The first kappa shape index (κ1) is 20.8. The largest absolute Gasteiger partial charge is 0.494 e. The summed E-state index contributed by atoms with van der Waals surface area (Å²) >= 11 is 0. The van der Waals surface area contributed by atoms with Gasteiger partial charge in [0.2, 0.25) is 5.88 Å². The van der Waals surface area contributed by atoms with Crippen molar-refractivity contribution >= 4 is 28.4 Å². The summed E-state index contributed by atoms with van der Waals surface area (Å²) in [7, 11) is 0. The summed E-state index contributed by atoms with van der Waals surface area (Å²) in [6.07, 6.45) is 1.43. The third-order valence-electron chi connectivity index (χ3n) is 5.16. The van der Waals surface area contributed by atoms with Crippen molar-refractivity contribution < 1.29 is 10.0 Å². The van der Waals surface area contributed by atoms with Crippen molar-refractivity contribution in [2.24, 2.45) is 5.10 Å². The predicted octanol–water partition coefficient (Wildman–Crippen LogP) is 4.67. The Bertz CT molecular complexity index is 1420. The van der Waals surface area contributed by atoms with Gasteiger partial charge in [-0.05, 0) is 43.7 Å². The fourth-order valence-corrected chi connectivity index (χ4v) is 3.60. The number of benzene rings is 3. The first-order chi connectivity index (χ1) is 15.4. The number of anilines is 1. The molecule has 0 fully saturated rings. The number of hydrogen-bond donors (Lipinski definition) is 2. The molecule has 2 N–H and O–H groups in total. The van der Waals surface area contributed by atoms with Crippen LogP contribution in [0.5, 0.6) is 5.88 Å². The van der Waals surface area contributed by atoms with Gasteiger partial charge >= 0.3 is 0 Å². The maximum absolute atomic E-state index is 13.2. The van der Waals surface area contributed by atoms with Gasteiger partial charge in [-0.2, -0.15) is 5.10 Å². The summed E-state index contributed by atoms with van der Waals surface area (Å²) in [6, 6.07) is 18.4. The van der Waals surface area contributed by atoms with Crippen molar-refractivity contribution in [3.05, 3.63) is 104 Å². The first-order valence-electron chi connectivity index (χ1n) is 9.84. The Morgan fingerprint density at radius 3 is 2.38 bits per heavy atom. The topological polar surface area (TPSA) is 110 Å². The molecule has 0 unspecified atom stereocenters. The van der Waals surface area contributed by atoms with Crippen molar-refractivity contribution in [1.29, 1.82) is 0 Å². The smallest absolute Gasteiger partial charge is 0.269 e. The number of nitro benzene ring substituents is 1. The van der Waals surface area contributed by atoms with Gasteiger partial charge in [-0.15, -0.1) is 0 Å². The average Bonchev–Trinajstić information content (AvgIpc) is 2.78. The Kier molecular flexibility index (Phi) is 5.43. The number of aromatic hydroxyl groups is 1. The van der Waals surface area contributed by atoms with E-state index in [2.05, 4.69) is 10.5 Å². The number of nitrogens with zero attached hydrogens (tertiary/aromatic N) is 3. The van der Waals surface area contributed by atoms with E-state index in [-0.39, 0.29) is 17.1 Å². The molecule has 3 aromatic carbocycles. The summed E-state index contributed by atoms with van der Waals surface area (Å²) in [5, 5.41) is 27.1. The van der Waals surface area contributed by atoms with Gasteiger partial charge < -0.3 is 5.11 Å². The standard InChI is InChI=1S/C24H20N4O4/c1-15-7-12-22(16(2)13-15)27-23(29)20-6-4-3-5-19(20)21(24(27)30)14-25-26-17-8-10-18(11-9-17)28(31)32/h3-14,26,30H,1-2H3/b25-14+. The van der Waals surface area contributed by atoms with E-state index in [0.717, 1.165) is 11.1 Å². The highest BCUT2D eigenvalue weighted by Crippen LogP contribution is 2.27. The number of hydrogen-bond acceptors (Lipinski definition) is 6. The molecule has 0 spiro atoms. The van der Waals surface area contributed by atoms with Gasteiger partial charge in [-0.25, -0.2) is 4.57 Å². The number of nitro groups is 1. The lowest BCUT2D eigenvalue weighted by molar-refractivity contribution is -0.384. The molecule has 4 aromatic rings. The average molecular weight is 428 g/mol. The van der Waals surface area contributed by atoms with Gasteiger partial charge in [0.25, 0.3) is 11.2 Å². The molecule has 32 heavy (non-hydrogen) atoms. The second-order valence-corrected chi connectivity index (χ2v) is 7.39. The van der Waals surface area contributed by atoms with Crippen LogP contribution in [-0.2, 0) is 0 Å². The SMILES string of the molecule is Cc1ccc(-n2c(O)c(/C=N/Nc3ccc([N+](=O)[O-])cc3)c3ccccc3c2=O)c(C)c1. The summed E-state index contributed by atoms with van der Waals surface area (Å²) in [5.74, 6) is -0.227. The van der Waals surface area contributed by atoms with Crippen LogP contribution >= 0.6 is 0 Å². The molecule has 1 heterocycles. The molecule has 160 valence electrons. The van der Waals surface area contributed by atoms with E-state index >= 15 is 0 Å². The number of aryl methyl sites for hydroxylation is 2. The molecule has 0 aliphatic rings. The van der Waals surface area contributed by atoms with Crippen molar-refractivity contribution in [3.63, 3.8) is 0 Å².